The van der Waals surface area contributed by atoms with Crippen molar-refractivity contribution in [3.63, 3.8) is 0 Å². The SMILES string of the molecule is CN1CCCN(c2nccn3ccnc23)CC1. The molecular formula is C12H17N5. The largest absolute Gasteiger partial charge is 0.352 e. The van der Waals surface area contributed by atoms with Gasteiger partial charge in [-0.05, 0) is 20.0 Å². The van der Waals surface area contributed by atoms with Crippen molar-refractivity contribution in [2.45, 2.75) is 6.42 Å². The van der Waals surface area contributed by atoms with Gasteiger partial charge in [-0.1, -0.05) is 0 Å². The normalized spacial score (nSPS) is 18.5. The molecule has 1 fully saturated rings. The summed E-state index contributed by atoms with van der Waals surface area (Å²) in [7, 11) is 2.17. The van der Waals surface area contributed by atoms with Crippen LogP contribution >= 0.6 is 0 Å². The predicted molar refractivity (Wildman–Crippen MR) is 67.3 cm³/mol. The molecule has 0 amide bonds. The Hall–Kier alpha value is -1.62. The van der Waals surface area contributed by atoms with E-state index in [1.807, 2.05) is 29.2 Å². The van der Waals surface area contributed by atoms with Crippen LogP contribution < -0.4 is 4.90 Å². The molecule has 5 nitrogen and oxygen atoms in total. The lowest BCUT2D eigenvalue weighted by Gasteiger charge is -2.21. The summed E-state index contributed by atoms with van der Waals surface area (Å²) in [6.45, 7) is 4.33. The topological polar surface area (TPSA) is 36.7 Å². The van der Waals surface area contributed by atoms with Crippen LogP contribution in [0.15, 0.2) is 24.8 Å². The van der Waals surface area contributed by atoms with Crippen molar-refractivity contribution < 1.29 is 0 Å². The second-order valence-corrected chi connectivity index (χ2v) is 4.55. The molecule has 2 aromatic rings. The third kappa shape index (κ3) is 1.98. The van der Waals surface area contributed by atoms with E-state index in [0.29, 0.717) is 0 Å². The number of aromatic nitrogens is 3. The molecule has 1 aliphatic heterocycles. The van der Waals surface area contributed by atoms with Gasteiger partial charge < -0.3 is 14.2 Å². The summed E-state index contributed by atoms with van der Waals surface area (Å²) < 4.78 is 2.02. The third-order valence-electron chi connectivity index (χ3n) is 3.31. The number of fused-ring (bicyclic) bond motifs is 1. The van der Waals surface area contributed by atoms with Gasteiger partial charge in [-0.15, -0.1) is 0 Å². The molecule has 0 bridgehead atoms. The van der Waals surface area contributed by atoms with Gasteiger partial charge in [-0.25, -0.2) is 9.97 Å². The molecule has 17 heavy (non-hydrogen) atoms. The highest BCUT2D eigenvalue weighted by Crippen LogP contribution is 2.18. The van der Waals surface area contributed by atoms with E-state index in [-0.39, 0.29) is 0 Å². The van der Waals surface area contributed by atoms with E-state index in [0.717, 1.165) is 37.6 Å². The smallest absolute Gasteiger partial charge is 0.180 e. The van der Waals surface area contributed by atoms with Crippen LogP contribution in [0.5, 0.6) is 0 Å². The minimum absolute atomic E-state index is 0.956. The number of likely N-dealkylation sites (N-methyl/N-ethyl adjacent to an activating group) is 1. The molecule has 0 saturated carbocycles. The molecule has 0 aliphatic carbocycles. The minimum atomic E-state index is 0.956. The van der Waals surface area contributed by atoms with E-state index in [1.54, 1.807) is 0 Å². The molecule has 1 aliphatic rings. The van der Waals surface area contributed by atoms with Gasteiger partial charge >= 0.3 is 0 Å². The number of hydrogen-bond donors (Lipinski definition) is 0. The number of imidazole rings is 1. The number of hydrogen-bond acceptors (Lipinski definition) is 4. The molecule has 5 heteroatoms. The van der Waals surface area contributed by atoms with Crippen LogP contribution in [0.1, 0.15) is 6.42 Å². The molecule has 0 spiro atoms. The van der Waals surface area contributed by atoms with Crippen LogP contribution in [0, 0.1) is 0 Å². The molecule has 0 unspecified atom stereocenters. The number of rotatable bonds is 1. The predicted octanol–water partition coefficient (Wildman–Crippen LogP) is 0.871. The summed E-state index contributed by atoms with van der Waals surface area (Å²) in [4.78, 5) is 13.6. The van der Waals surface area contributed by atoms with Gasteiger partial charge in [-0.3, -0.25) is 0 Å². The maximum absolute atomic E-state index is 4.49. The van der Waals surface area contributed by atoms with Gasteiger partial charge in [0.05, 0.1) is 0 Å². The van der Waals surface area contributed by atoms with Gasteiger partial charge in [0.25, 0.3) is 0 Å². The zero-order chi connectivity index (χ0) is 11.7. The van der Waals surface area contributed by atoms with E-state index in [4.69, 9.17) is 0 Å². The van der Waals surface area contributed by atoms with E-state index in [1.165, 1.54) is 6.42 Å². The van der Waals surface area contributed by atoms with Gasteiger partial charge in [0, 0.05) is 44.4 Å². The first-order chi connectivity index (χ1) is 8.34. The van der Waals surface area contributed by atoms with Crippen molar-refractivity contribution in [3.8, 4) is 0 Å². The molecule has 3 rings (SSSR count). The van der Waals surface area contributed by atoms with Crippen molar-refractivity contribution in [2.75, 3.05) is 38.1 Å². The quantitative estimate of drug-likeness (QED) is 0.730. The molecule has 0 N–H and O–H groups in total. The summed E-state index contributed by atoms with van der Waals surface area (Å²) >= 11 is 0. The van der Waals surface area contributed by atoms with E-state index in [9.17, 15) is 0 Å². The van der Waals surface area contributed by atoms with Crippen molar-refractivity contribution in [1.29, 1.82) is 0 Å². The van der Waals surface area contributed by atoms with E-state index in [2.05, 4.69) is 26.8 Å². The molecule has 1 saturated heterocycles. The van der Waals surface area contributed by atoms with Crippen molar-refractivity contribution in [1.82, 2.24) is 19.3 Å². The summed E-state index contributed by atoms with van der Waals surface area (Å²) in [6, 6.07) is 0. The van der Waals surface area contributed by atoms with Crippen molar-refractivity contribution >= 4 is 11.5 Å². The van der Waals surface area contributed by atoms with Crippen molar-refractivity contribution in [2.24, 2.45) is 0 Å². The molecule has 3 heterocycles. The second-order valence-electron chi connectivity index (χ2n) is 4.55. The molecule has 2 aromatic heterocycles. The first-order valence-electron chi connectivity index (χ1n) is 6.06. The highest BCUT2D eigenvalue weighted by atomic mass is 15.3. The van der Waals surface area contributed by atoms with Gasteiger partial charge in [0.1, 0.15) is 0 Å². The average molecular weight is 231 g/mol. The first-order valence-corrected chi connectivity index (χ1v) is 6.06. The maximum atomic E-state index is 4.49. The fourth-order valence-corrected chi connectivity index (χ4v) is 2.32. The van der Waals surface area contributed by atoms with Crippen LogP contribution in [-0.2, 0) is 0 Å². The lowest BCUT2D eigenvalue weighted by molar-refractivity contribution is 0.360. The van der Waals surface area contributed by atoms with Crippen molar-refractivity contribution in [3.05, 3.63) is 24.8 Å². The Morgan fingerprint density at radius 1 is 1.00 bits per heavy atom. The first kappa shape index (κ1) is 10.5. The summed E-state index contributed by atoms with van der Waals surface area (Å²) in [5.74, 6) is 1.01. The summed E-state index contributed by atoms with van der Waals surface area (Å²) in [6.07, 6.45) is 8.75. The Morgan fingerprint density at radius 3 is 2.71 bits per heavy atom. The minimum Gasteiger partial charge on any atom is -0.352 e. The lowest BCUT2D eigenvalue weighted by atomic mass is 10.4. The van der Waals surface area contributed by atoms with E-state index >= 15 is 0 Å². The standard InChI is InChI=1S/C12H17N5/c1-15-5-2-6-16(10-9-15)11-12-14-4-8-17(12)7-3-13-11/h3-4,7-8H,2,5-6,9-10H2,1H3. The molecular weight excluding hydrogens is 214 g/mol. The van der Waals surface area contributed by atoms with Crippen LogP contribution in [-0.4, -0.2) is 52.5 Å². The third-order valence-corrected chi connectivity index (χ3v) is 3.31. The highest BCUT2D eigenvalue weighted by molar-refractivity contribution is 5.63. The number of anilines is 1. The van der Waals surface area contributed by atoms with Gasteiger partial charge in [-0.2, -0.15) is 0 Å². The van der Waals surface area contributed by atoms with Crippen LogP contribution in [0.25, 0.3) is 5.65 Å². The van der Waals surface area contributed by atoms with Crippen LogP contribution in [0.3, 0.4) is 0 Å². The fraction of sp³-hybridized carbons (Fsp3) is 0.500. The fourth-order valence-electron chi connectivity index (χ4n) is 2.32. The Kier molecular flexibility index (Phi) is 2.68. The Morgan fingerprint density at radius 2 is 1.82 bits per heavy atom. The average Bonchev–Trinajstić information content (AvgIpc) is 2.72. The zero-order valence-electron chi connectivity index (χ0n) is 10.1. The Bertz CT molecular complexity index is 506. The summed E-state index contributed by atoms with van der Waals surface area (Å²) in [5, 5.41) is 0. The summed E-state index contributed by atoms with van der Waals surface area (Å²) in [5.41, 5.74) is 0.956. The molecule has 0 radical (unpaired) electrons. The van der Waals surface area contributed by atoms with Gasteiger partial charge in [0.2, 0.25) is 0 Å². The van der Waals surface area contributed by atoms with Gasteiger partial charge in [0.15, 0.2) is 11.5 Å². The monoisotopic (exact) mass is 231 g/mol. The number of nitrogens with zero attached hydrogens (tertiary/aromatic N) is 5. The molecule has 90 valence electrons. The lowest BCUT2D eigenvalue weighted by Crippen LogP contribution is -2.29. The Labute approximate surface area is 101 Å². The molecule has 0 aromatic carbocycles. The van der Waals surface area contributed by atoms with Crippen LogP contribution in [0.4, 0.5) is 5.82 Å². The highest BCUT2D eigenvalue weighted by Gasteiger charge is 2.16. The maximum Gasteiger partial charge on any atom is 0.180 e. The Balaban J connectivity index is 1.94. The second kappa shape index (κ2) is 4.33. The zero-order valence-corrected chi connectivity index (χ0v) is 10.1. The molecule has 0 atom stereocenters. The van der Waals surface area contributed by atoms with E-state index < -0.39 is 0 Å². The van der Waals surface area contributed by atoms with Crippen LogP contribution in [0.2, 0.25) is 0 Å².